The molecule has 26 heavy (non-hydrogen) atoms. The molecule has 0 aromatic heterocycles. The van der Waals surface area contributed by atoms with Gasteiger partial charge in [0.15, 0.2) is 0 Å². The Labute approximate surface area is 159 Å². The van der Waals surface area contributed by atoms with Crippen molar-refractivity contribution in [1.29, 1.82) is 0 Å². The Kier molecular flexibility index (Phi) is 7.69. The number of hydrogen-bond donors (Lipinski definition) is 2. The van der Waals surface area contributed by atoms with Crippen LogP contribution in [0.25, 0.3) is 0 Å². The third-order valence-electron chi connectivity index (χ3n) is 4.35. The lowest BCUT2D eigenvalue weighted by Crippen LogP contribution is -2.51. The number of nitrogens with one attached hydrogen (secondary N) is 1. The molecule has 7 nitrogen and oxygen atoms in total. The summed E-state index contributed by atoms with van der Waals surface area (Å²) in [5.74, 6) is 0. The van der Waals surface area contributed by atoms with Crippen molar-refractivity contribution in [1.82, 2.24) is 9.62 Å². The summed E-state index contributed by atoms with van der Waals surface area (Å²) in [4.78, 5) is 11.9. The Morgan fingerprint density at radius 3 is 2.69 bits per heavy atom. The number of benzene rings is 1. The zero-order valence-corrected chi connectivity index (χ0v) is 16.3. The summed E-state index contributed by atoms with van der Waals surface area (Å²) < 4.78 is 32.8. The molecule has 0 radical (unpaired) electrons. The summed E-state index contributed by atoms with van der Waals surface area (Å²) in [6, 6.07) is 5.46. The quantitative estimate of drug-likeness (QED) is 0.680. The number of aliphatic hydroxyl groups excluding tert-OH is 1. The Morgan fingerprint density at radius 1 is 1.35 bits per heavy atom. The summed E-state index contributed by atoms with van der Waals surface area (Å²) in [6.07, 6.45) is 2.08. The number of piperidine rings is 1. The molecule has 146 valence electrons. The van der Waals surface area contributed by atoms with Gasteiger partial charge in [-0.25, -0.2) is 13.2 Å². The van der Waals surface area contributed by atoms with Gasteiger partial charge >= 0.3 is 6.09 Å². The Balaban J connectivity index is 2.09. The molecule has 2 atom stereocenters. The maximum Gasteiger partial charge on any atom is 0.407 e. The second kappa shape index (κ2) is 9.55. The molecule has 0 bridgehead atoms. The predicted octanol–water partition coefficient (Wildman–Crippen LogP) is 2.38. The number of ether oxygens (including phenoxy) is 1. The number of alkyl carbamates (subject to hydrolysis) is 1. The Morgan fingerprint density at radius 2 is 2.04 bits per heavy atom. The fourth-order valence-corrected chi connectivity index (χ4v) is 5.06. The predicted molar refractivity (Wildman–Crippen MR) is 98.6 cm³/mol. The van der Waals surface area contributed by atoms with Crippen LogP contribution in [-0.2, 0) is 14.8 Å². The molecule has 0 spiro atoms. The molecule has 1 saturated heterocycles. The van der Waals surface area contributed by atoms with E-state index in [1.807, 2.05) is 6.92 Å². The molecule has 0 aliphatic carbocycles. The van der Waals surface area contributed by atoms with Crippen LogP contribution in [0.4, 0.5) is 4.79 Å². The number of hydrogen-bond acceptors (Lipinski definition) is 5. The standard InChI is InChI=1S/C17H25ClN2O5S/c1-13-4-2-5-15(12-25-17(22)19-10-3-11-21)20(13)26(23,24)16-8-6-14(18)7-9-16/h6-9,13,15,21H,2-5,10-12H2,1H3,(H,19,22)/t13-,15-/m1/s1. The molecule has 0 saturated carbocycles. The van der Waals surface area contributed by atoms with E-state index in [1.54, 1.807) is 12.1 Å². The van der Waals surface area contributed by atoms with Gasteiger partial charge in [0.05, 0.1) is 10.9 Å². The zero-order valence-electron chi connectivity index (χ0n) is 14.7. The van der Waals surface area contributed by atoms with Crippen LogP contribution in [0.2, 0.25) is 5.02 Å². The van der Waals surface area contributed by atoms with Crippen molar-refractivity contribution in [2.45, 2.75) is 49.6 Å². The second-order valence-electron chi connectivity index (χ2n) is 6.33. The lowest BCUT2D eigenvalue weighted by Gasteiger charge is -2.39. The van der Waals surface area contributed by atoms with E-state index in [-0.39, 0.29) is 24.2 Å². The molecular weight excluding hydrogens is 380 g/mol. The highest BCUT2D eigenvalue weighted by atomic mass is 35.5. The van der Waals surface area contributed by atoms with Crippen molar-refractivity contribution < 1.29 is 23.1 Å². The van der Waals surface area contributed by atoms with E-state index in [0.717, 1.165) is 12.8 Å². The first-order chi connectivity index (χ1) is 12.4. The minimum atomic E-state index is -3.72. The second-order valence-corrected chi connectivity index (χ2v) is 8.60. The largest absolute Gasteiger partial charge is 0.448 e. The first-order valence-electron chi connectivity index (χ1n) is 8.67. The van der Waals surface area contributed by atoms with Crippen LogP contribution in [-0.4, -0.2) is 55.8 Å². The topological polar surface area (TPSA) is 95.9 Å². The lowest BCUT2D eigenvalue weighted by atomic mass is 10.0. The van der Waals surface area contributed by atoms with Gasteiger partial charge in [-0.2, -0.15) is 4.31 Å². The summed E-state index contributed by atoms with van der Waals surface area (Å²) in [5, 5.41) is 11.7. The molecule has 1 aromatic carbocycles. The van der Waals surface area contributed by atoms with Gasteiger partial charge in [0.2, 0.25) is 10.0 Å². The molecule has 2 N–H and O–H groups in total. The average Bonchev–Trinajstić information content (AvgIpc) is 2.60. The van der Waals surface area contributed by atoms with Gasteiger partial charge in [-0.1, -0.05) is 18.0 Å². The number of rotatable bonds is 7. The smallest absolute Gasteiger partial charge is 0.407 e. The van der Waals surface area contributed by atoms with Crippen molar-refractivity contribution in [2.24, 2.45) is 0 Å². The average molecular weight is 405 g/mol. The van der Waals surface area contributed by atoms with Crippen LogP contribution in [0.3, 0.4) is 0 Å². The Hall–Kier alpha value is -1.35. The van der Waals surface area contributed by atoms with E-state index in [9.17, 15) is 13.2 Å². The van der Waals surface area contributed by atoms with Crippen molar-refractivity contribution in [3.63, 3.8) is 0 Å². The third-order valence-corrected chi connectivity index (χ3v) is 6.69. The van der Waals surface area contributed by atoms with Crippen LogP contribution in [0, 0.1) is 0 Å². The molecule has 1 heterocycles. The first-order valence-corrected chi connectivity index (χ1v) is 10.5. The van der Waals surface area contributed by atoms with E-state index >= 15 is 0 Å². The van der Waals surface area contributed by atoms with Gasteiger partial charge in [-0.05, 0) is 50.5 Å². The molecule has 1 aliphatic heterocycles. The summed E-state index contributed by atoms with van der Waals surface area (Å²) in [5.41, 5.74) is 0. The highest BCUT2D eigenvalue weighted by Crippen LogP contribution is 2.30. The van der Waals surface area contributed by atoms with Crippen LogP contribution in [0.5, 0.6) is 0 Å². The normalized spacial score (nSPS) is 21.3. The number of carbonyl (C=O) groups is 1. The highest BCUT2D eigenvalue weighted by Gasteiger charge is 2.38. The van der Waals surface area contributed by atoms with Gasteiger partial charge in [0.25, 0.3) is 0 Å². The van der Waals surface area contributed by atoms with Crippen molar-refractivity contribution in [3.05, 3.63) is 29.3 Å². The van der Waals surface area contributed by atoms with E-state index in [0.29, 0.717) is 24.4 Å². The zero-order chi connectivity index (χ0) is 19.2. The maximum absolute atomic E-state index is 13.1. The minimum Gasteiger partial charge on any atom is -0.448 e. The monoisotopic (exact) mass is 404 g/mol. The number of halogens is 1. The SMILES string of the molecule is C[C@@H]1CCC[C@H](COC(=O)NCCCO)N1S(=O)(=O)c1ccc(Cl)cc1. The van der Waals surface area contributed by atoms with Crippen LogP contribution in [0.15, 0.2) is 29.2 Å². The summed E-state index contributed by atoms with van der Waals surface area (Å²) >= 11 is 5.85. The van der Waals surface area contributed by atoms with E-state index in [1.165, 1.54) is 16.4 Å². The van der Waals surface area contributed by atoms with Crippen LogP contribution >= 0.6 is 11.6 Å². The third kappa shape index (κ3) is 5.33. The molecule has 2 rings (SSSR count). The number of amides is 1. The molecule has 1 amide bonds. The minimum absolute atomic E-state index is 0.0118. The van der Waals surface area contributed by atoms with Crippen molar-refractivity contribution in [3.8, 4) is 0 Å². The van der Waals surface area contributed by atoms with E-state index < -0.39 is 22.2 Å². The van der Waals surface area contributed by atoms with Gasteiger partial charge in [-0.15, -0.1) is 0 Å². The van der Waals surface area contributed by atoms with Gasteiger partial charge in [-0.3, -0.25) is 0 Å². The number of nitrogens with zero attached hydrogens (tertiary/aromatic N) is 1. The highest BCUT2D eigenvalue weighted by molar-refractivity contribution is 7.89. The molecule has 9 heteroatoms. The Bertz CT molecular complexity index is 696. The van der Waals surface area contributed by atoms with Crippen molar-refractivity contribution in [2.75, 3.05) is 19.8 Å². The first kappa shape index (κ1) is 21.0. The van der Waals surface area contributed by atoms with Gasteiger partial charge in [0.1, 0.15) is 6.61 Å². The van der Waals surface area contributed by atoms with Crippen LogP contribution in [0.1, 0.15) is 32.6 Å². The molecule has 1 aromatic rings. The van der Waals surface area contributed by atoms with Gasteiger partial charge in [0, 0.05) is 24.2 Å². The molecule has 1 aliphatic rings. The molecule has 1 fully saturated rings. The van der Waals surface area contributed by atoms with Crippen LogP contribution < -0.4 is 5.32 Å². The molecular formula is C17H25ClN2O5S. The number of carbonyl (C=O) groups excluding carboxylic acids is 1. The van der Waals surface area contributed by atoms with Crippen molar-refractivity contribution >= 4 is 27.7 Å². The van der Waals surface area contributed by atoms with Gasteiger partial charge < -0.3 is 15.2 Å². The summed E-state index contributed by atoms with van der Waals surface area (Å²) in [7, 11) is -3.72. The van der Waals surface area contributed by atoms with E-state index in [2.05, 4.69) is 5.32 Å². The molecule has 0 unspecified atom stereocenters. The fourth-order valence-electron chi connectivity index (χ4n) is 3.07. The lowest BCUT2D eigenvalue weighted by molar-refractivity contribution is 0.0890. The number of sulfonamides is 1. The summed E-state index contributed by atoms with van der Waals surface area (Å²) in [6.45, 7) is 2.14. The number of aliphatic hydroxyl groups is 1. The fraction of sp³-hybridized carbons (Fsp3) is 0.588. The maximum atomic E-state index is 13.1. The van der Waals surface area contributed by atoms with E-state index in [4.69, 9.17) is 21.4 Å².